The van der Waals surface area contributed by atoms with Gasteiger partial charge in [-0.15, -0.1) is 0 Å². The molecular weight excluding hydrogens is 254 g/mol. The van der Waals surface area contributed by atoms with E-state index in [0.717, 1.165) is 13.0 Å². The quantitative estimate of drug-likeness (QED) is 0.639. The molecule has 2 rings (SSSR count). The minimum Gasteiger partial charge on any atom is -0.462 e. The Morgan fingerprint density at radius 2 is 2.35 bits per heavy atom. The third-order valence-corrected chi connectivity index (χ3v) is 3.34. The maximum Gasteiger partial charge on any atom is 0.341 e. The van der Waals surface area contributed by atoms with E-state index in [-0.39, 0.29) is 5.97 Å². The Hall–Kier alpha value is -1.91. The largest absolute Gasteiger partial charge is 0.462 e. The lowest BCUT2D eigenvalue weighted by Gasteiger charge is -2.08. The van der Waals surface area contributed by atoms with Crippen molar-refractivity contribution in [1.29, 1.82) is 0 Å². The van der Waals surface area contributed by atoms with Crippen LogP contribution in [0, 0.1) is 6.92 Å². The van der Waals surface area contributed by atoms with Crippen LogP contribution < -0.4 is 5.32 Å². The summed E-state index contributed by atoms with van der Waals surface area (Å²) in [6.45, 7) is 4.75. The molecule has 1 heterocycles. The van der Waals surface area contributed by atoms with Crippen molar-refractivity contribution < 1.29 is 9.53 Å². The van der Waals surface area contributed by atoms with Crippen LogP contribution in [0.4, 0.5) is 5.95 Å². The molecule has 1 aliphatic rings. The van der Waals surface area contributed by atoms with E-state index in [1.807, 2.05) is 0 Å². The summed E-state index contributed by atoms with van der Waals surface area (Å²) in [5.41, 5.74) is 2.58. The highest BCUT2D eigenvalue weighted by atomic mass is 16.5. The predicted octanol–water partition coefficient (Wildman–Crippen LogP) is 2.87. The molecule has 5 nitrogen and oxygen atoms in total. The number of esters is 1. The lowest BCUT2D eigenvalue weighted by Crippen LogP contribution is -2.12. The second-order valence-corrected chi connectivity index (χ2v) is 4.84. The lowest BCUT2D eigenvalue weighted by atomic mass is 10.2. The second-order valence-electron chi connectivity index (χ2n) is 4.84. The number of aromatic nitrogens is 2. The van der Waals surface area contributed by atoms with Crippen molar-refractivity contribution >= 4 is 11.9 Å². The first-order valence-electron chi connectivity index (χ1n) is 7.13. The van der Waals surface area contributed by atoms with Crippen molar-refractivity contribution in [2.45, 2.75) is 39.5 Å². The molecule has 1 aromatic rings. The molecule has 0 bridgehead atoms. The highest BCUT2D eigenvalue weighted by Gasteiger charge is 2.12. The second kappa shape index (κ2) is 7.03. The summed E-state index contributed by atoms with van der Waals surface area (Å²) in [5, 5.41) is 3.20. The number of ether oxygens (including phenoxy) is 1. The van der Waals surface area contributed by atoms with Gasteiger partial charge in [0.1, 0.15) is 0 Å². The number of carbonyl (C=O) groups is 1. The predicted molar refractivity (Wildman–Crippen MR) is 77.8 cm³/mol. The van der Waals surface area contributed by atoms with Crippen LogP contribution in [-0.4, -0.2) is 29.1 Å². The smallest absolute Gasteiger partial charge is 0.341 e. The molecule has 0 saturated heterocycles. The Bertz CT molecular complexity index is 512. The van der Waals surface area contributed by atoms with Crippen LogP contribution in [0.15, 0.2) is 17.8 Å². The summed E-state index contributed by atoms with van der Waals surface area (Å²) >= 11 is 0. The van der Waals surface area contributed by atoms with Crippen molar-refractivity contribution in [3.05, 3.63) is 29.1 Å². The van der Waals surface area contributed by atoms with Crippen LogP contribution >= 0.6 is 0 Å². The van der Waals surface area contributed by atoms with E-state index in [4.69, 9.17) is 4.74 Å². The Labute approximate surface area is 119 Å². The molecule has 1 N–H and O–H groups in total. The van der Waals surface area contributed by atoms with Gasteiger partial charge in [-0.1, -0.05) is 11.6 Å². The van der Waals surface area contributed by atoms with Gasteiger partial charge in [-0.25, -0.2) is 14.8 Å². The van der Waals surface area contributed by atoms with Crippen LogP contribution in [0.5, 0.6) is 0 Å². The summed E-state index contributed by atoms with van der Waals surface area (Å²) in [4.78, 5) is 20.1. The summed E-state index contributed by atoms with van der Waals surface area (Å²) in [7, 11) is 0. The van der Waals surface area contributed by atoms with Gasteiger partial charge in [0, 0.05) is 12.7 Å². The molecule has 0 fully saturated rings. The van der Waals surface area contributed by atoms with E-state index >= 15 is 0 Å². The molecule has 0 radical (unpaired) electrons. The zero-order valence-electron chi connectivity index (χ0n) is 12.1. The molecular formula is C15H21N3O2. The van der Waals surface area contributed by atoms with Crippen LogP contribution in [0.25, 0.3) is 0 Å². The Kier molecular flexibility index (Phi) is 5.09. The molecule has 1 aliphatic carbocycles. The molecule has 0 aliphatic heterocycles. The maximum atomic E-state index is 11.6. The number of nitrogens with zero attached hydrogens (tertiary/aromatic N) is 2. The van der Waals surface area contributed by atoms with Crippen LogP contribution in [0.1, 0.15) is 48.7 Å². The first-order chi connectivity index (χ1) is 9.70. The fourth-order valence-electron chi connectivity index (χ4n) is 2.26. The van der Waals surface area contributed by atoms with Crippen LogP contribution in [0.3, 0.4) is 0 Å². The number of rotatable bonds is 6. The summed E-state index contributed by atoms with van der Waals surface area (Å²) in [6, 6.07) is 0. The summed E-state index contributed by atoms with van der Waals surface area (Å²) < 4.78 is 4.95. The molecule has 5 heteroatoms. The average molecular weight is 275 g/mol. The fraction of sp³-hybridized carbons (Fsp3) is 0.533. The number of nitrogens with one attached hydrogen (secondary N) is 1. The molecule has 20 heavy (non-hydrogen) atoms. The first-order valence-corrected chi connectivity index (χ1v) is 7.13. The van der Waals surface area contributed by atoms with Crippen LogP contribution in [-0.2, 0) is 4.74 Å². The highest BCUT2D eigenvalue weighted by Crippen LogP contribution is 2.20. The number of allylic oxidation sites excluding steroid dienone is 1. The van der Waals surface area contributed by atoms with Gasteiger partial charge in [-0.2, -0.15) is 0 Å². The maximum absolute atomic E-state index is 11.6. The standard InChI is InChI=1S/C15H21N3O2/c1-3-20-14(19)13-10-17-15(18-11(13)2)16-9-8-12-6-4-5-7-12/h6,10H,3-5,7-9H2,1-2H3,(H,16,17,18). The SMILES string of the molecule is CCOC(=O)c1cnc(NCCC2=CCCC2)nc1C. The van der Waals surface area contributed by atoms with Gasteiger partial charge in [-0.3, -0.25) is 0 Å². The zero-order chi connectivity index (χ0) is 14.4. The van der Waals surface area contributed by atoms with E-state index in [9.17, 15) is 4.79 Å². The third-order valence-electron chi connectivity index (χ3n) is 3.34. The lowest BCUT2D eigenvalue weighted by molar-refractivity contribution is 0.0524. The van der Waals surface area contributed by atoms with E-state index in [1.54, 1.807) is 13.8 Å². The first kappa shape index (κ1) is 14.5. The van der Waals surface area contributed by atoms with Crippen molar-refractivity contribution in [3.8, 4) is 0 Å². The molecule has 108 valence electrons. The molecule has 0 amide bonds. The molecule has 0 saturated carbocycles. The Balaban J connectivity index is 1.89. The van der Waals surface area contributed by atoms with Gasteiger partial charge in [0.15, 0.2) is 0 Å². The van der Waals surface area contributed by atoms with Gasteiger partial charge in [0.2, 0.25) is 5.95 Å². The molecule has 0 spiro atoms. The number of aryl methyl sites for hydroxylation is 1. The topological polar surface area (TPSA) is 64.1 Å². The molecule has 0 atom stereocenters. The zero-order valence-corrected chi connectivity index (χ0v) is 12.1. The van der Waals surface area contributed by atoms with Crippen molar-refractivity contribution in [1.82, 2.24) is 9.97 Å². The van der Waals surface area contributed by atoms with Crippen LogP contribution in [0.2, 0.25) is 0 Å². The Morgan fingerprint density at radius 3 is 3.00 bits per heavy atom. The van der Waals surface area contributed by atoms with Gasteiger partial charge >= 0.3 is 5.97 Å². The number of carbonyl (C=O) groups excluding carboxylic acids is 1. The van der Waals surface area contributed by atoms with E-state index in [1.165, 1.54) is 31.0 Å². The van der Waals surface area contributed by atoms with Gasteiger partial charge < -0.3 is 10.1 Å². The molecule has 1 aromatic heterocycles. The normalized spacial score (nSPS) is 14.0. The van der Waals surface area contributed by atoms with Gasteiger partial charge in [0.25, 0.3) is 0 Å². The van der Waals surface area contributed by atoms with E-state index in [2.05, 4.69) is 21.4 Å². The third kappa shape index (κ3) is 3.79. The van der Waals surface area contributed by atoms with Gasteiger partial charge in [-0.05, 0) is 39.5 Å². The summed E-state index contributed by atoms with van der Waals surface area (Å²) in [6.07, 6.45) is 8.57. The van der Waals surface area contributed by atoms with Crippen molar-refractivity contribution in [2.75, 3.05) is 18.5 Å². The monoisotopic (exact) mass is 275 g/mol. The van der Waals surface area contributed by atoms with Crippen molar-refractivity contribution in [2.24, 2.45) is 0 Å². The van der Waals surface area contributed by atoms with Gasteiger partial charge in [0.05, 0.1) is 17.9 Å². The summed E-state index contributed by atoms with van der Waals surface area (Å²) in [5.74, 6) is 0.196. The number of anilines is 1. The fourth-order valence-corrected chi connectivity index (χ4v) is 2.26. The molecule has 0 unspecified atom stereocenters. The number of hydrogen-bond acceptors (Lipinski definition) is 5. The Morgan fingerprint density at radius 1 is 1.50 bits per heavy atom. The van der Waals surface area contributed by atoms with Crippen molar-refractivity contribution in [3.63, 3.8) is 0 Å². The van der Waals surface area contributed by atoms with E-state index in [0.29, 0.717) is 23.8 Å². The highest BCUT2D eigenvalue weighted by molar-refractivity contribution is 5.90. The molecule has 0 aromatic carbocycles. The number of hydrogen-bond donors (Lipinski definition) is 1. The minimum absolute atomic E-state index is 0.355. The minimum atomic E-state index is -0.368. The average Bonchev–Trinajstić information content (AvgIpc) is 2.92. The van der Waals surface area contributed by atoms with E-state index < -0.39 is 0 Å².